The molecular weight excluding hydrogens is 426 g/mol. The van der Waals surface area contributed by atoms with Crippen LogP contribution in [0.1, 0.15) is 65.1 Å². The standard InChI is InChI=1S/C28H29N3O3/c32-26(29-22-8-4-7-21(12-22)27(33)34)24-23(30-25(31-24)20-5-2-1-3-6-20)16-28-13-17-9-18(14-28)11-19(10-17)15-28/h1-8,12,17-19H,9-11,13-16H2,(H,29,32)(H,30,31)(H,33,34). The second-order valence-electron chi connectivity index (χ2n) is 10.7. The number of rotatable bonds is 6. The van der Waals surface area contributed by atoms with E-state index in [4.69, 9.17) is 4.98 Å². The third-order valence-corrected chi connectivity index (χ3v) is 8.13. The predicted octanol–water partition coefficient (Wildman–Crippen LogP) is 5.79. The van der Waals surface area contributed by atoms with Gasteiger partial charge in [-0.05, 0) is 86.3 Å². The van der Waals surface area contributed by atoms with Gasteiger partial charge in [-0.1, -0.05) is 36.4 Å². The van der Waals surface area contributed by atoms with Crippen LogP contribution in [0.25, 0.3) is 11.4 Å². The van der Waals surface area contributed by atoms with Crippen LogP contribution in [0, 0.1) is 23.2 Å². The molecule has 0 saturated heterocycles. The van der Waals surface area contributed by atoms with Crippen molar-refractivity contribution < 1.29 is 14.7 Å². The first kappa shape index (κ1) is 21.1. The van der Waals surface area contributed by atoms with Gasteiger partial charge in [-0.2, -0.15) is 0 Å². The second-order valence-corrected chi connectivity index (χ2v) is 10.7. The second kappa shape index (κ2) is 8.12. The molecule has 6 heteroatoms. The monoisotopic (exact) mass is 455 g/mol. The van der Waals surface area contributed by atoms with Gasteiger partial charge in [0, 0.05) is 16.9 Å². The Bertz CT molecular complexity index is 1210. The summed E-state index contributed by atoms with van der Waals surface area (Å²) in [5.74, 6) is 1.87. The largest absolute Gasteiger partial charge is 0.478 e. The number of carboxylic acid groups (broad SMARTS) is 1. The van der Waals surface area contributed by atoms with Crippen LogP contribution in [0.3, 0.4) is 0 Å². The lowest BCUT2D eigenvalue weighted by molar-refractivity contribution is -0.0526. The smallest absolute Gasteiger partial charge is 0.335 e. The molecule has 1 heterocycles. The molecule has 4 bridgehead atoms. The zero-order valence-electron chi connectivity index (χ0n) is 19.1. The number of nitrogens with one attached hydrogen (secondary N) is 2. The molecule has 0 spiro atoms. The van der Waals surface area contributed by atoms with E-state index in [1.807, 2.05) is 30.3 Å². The summed E-state index contributed by atoms with van der Waals surface area (Å²) < 4.78 is 0. The number of anilines is 1. The van der Waals surface area contributed by atoms with Crippen molar-refractivity contribution in [1.82, 2.24) is 9.97 Å². The highest BCUT2D eigenvalue weighted by Gasteiger charge is 2.51. The lowest BCUT2D eigenvalue weighted by Crippen LogP contribution is -2.47. The van der Waals surface area contributed by atoms with Crippen LogP contribution in [-0.2, 0) is 6.42 Å². The molecule has 3 N–H and O–H groups in total. The Labute approximate surface area is 198 Å². The van der Waals surface area contributed by atoms with E-state index in [0.717, 1.165) is 35.4 Å². The van der Waals surface area contributed by atoms with Gasteiger partial charge in [0.25, 0.3) is 5.91 Å². The number of carbonyl (C=O) groups excluding carboxylic acids is 1. The molecule has 1 aromatic heterocycles. The molecule has 0 radical (unpaired) electrons. The molecule has 7 rings (SSSR count). The van der Waals surface area contributed by atoms with Crippen molar-refractivity contribution in [3.8, 4) is 11.4 Å². The van der Waals surface area contributed by atoms with Crippen LogP contribution in [0.5, 0.6) is 0 Å². The summed E-state index contributed by atoms with van der Waals surface area (Å²) in [7, 11) is 0. The summed E-state index contributed by atoms with van der Waals surface area (Å²) >= 11 is 0. The molecule has 4 fully saturated rings. The van der Waals surface area contributed by atoms with Gasteiger partial charge in [-0.25, -0.2) is 9.78 Å². The summed E-state index contributed by atoms with van der Waals surface area (Å²) in [5, 5.41) is 12.2. The first-order valence-corrected chi connectivity index (χ1v) is 12.3. The Balaban J connectivity index is 1.33. The number of aromatic nitrogens is 2. The number of amides is 1. The molecule has 4 aliphatic carbocycles. The topological polar surface area (TPSA) is 95.1 Å². The van der Waals surface area contributed by atoms with Crippen LogP contribution in [-0.4, -0.2) is 27.0 Å². The van der Waals surface area contributed by atoms with E-state index in [2.05, 4.69) is 10.3 Å². The molecule has 34 heavy (non-hydrogen) atoms. The minimum Gasteiger partial charge on any atom is -0.478 e. The predicted molar refractivity (Wildman–Crippen MR) is 130 cm³/mol. The van der Waals surface area contributed by atoms with Crippen molar-refractivity contribution in [1.29, 1.82) is 0 Å². The van der Waals surface area contributed by atoms with Crippen molar-refractivity contribution in [3.05, 3.63) is 71.5 Å². The Morgan fingerprint density at radius 2 is 1.65 bits per heavy atom. The van der Waals surface area contributed by atoms with Gasteiger partial charge < -0.3 is 15.4 Å². The Hall–Kier alpha value is -3.41. The highest BCUT2D eigenvalue weighted by molar-refractivity contribution is 6.04. The molecule has 1 amide bonds. The number of carboxylic acids is 1. The zero-order valence-corrected chi connectivity index (χ0v) is 19.1. The van der Waals surface area contributed by atoms with Crippen molar-refractivity contribution in [3.63, 3.8) is 0 Å². The molecule has 0 unspecified atom stereocenters. The maximum Gasteiger partial charge on any atom is 0.335 e. The molecule has 0 aliphatic heterocycles. The van der Waals surface area contributed by atoms with E-state index in [0.29, 0.717) is 17.2 Å². The average molecular weight is 456 g/mol. The fourth-order valence-electron chi connectivity index (χ4n) is 7.26. The molecular formula is C28H29N3O3. The van der Waals surface area contributed by atoms with E-state index in [1.165, 1.54) is 50.7 Å². The summed E-state index contributed by atoms with van der Waals surface area (Å²) in [6.07, 6.45) is 8.73. The fourth-order valence-corrected chi connectivity index (χ4v) is 7.26. The van der Waals surface area contributed by atoms with Gasteiger partial charge in [0.05, 0.1) is 5.56 Å². The minimum atomic E-state index is -1.02. The van der Waals surface area contributed by atoms with Crippen LogP contribution < -0.4 is 5.32 Å². The lowest BCUT2D eigenvalue weighted by atomic mass is 9.48. The number of aromatic amines is 1. The summed E-state index contributed by atoms with van der Waals surface area (Å²) in [6, 6.07) is 16.2. The van der Waals surface area contributed by atoms with Crippen LogP contribution in [0.15, 0.2) is 54.6 Å². The number of aromatic carboxylic acids is 1. The van der Waals surface area contributed by atoms with Gasteiger partial charge in [0.15, 0.2) is 0 Å². The first-order valence-electron chi connectivity index (χ1n) is 12.3. The number of nitrogens with zero attached hydrogens (tertiary/aromatic N) is 1. The van der Waals surface area contributed by atoms with Gasteiger partial charge >= 0.3 is 5.97 Å². The average Bonchev–Trinajstić information content (AvgIpc) is 3.22. The lowest BCUT2D eigenvalue weighted by Gasteiger charge is -2.57. The van der Waals surface area contributed by atoms with E-state index in [-0.39, 0.29) is 16.9 Å². The number of hydrogen-bond acceptors (Lipinski definition) is 3. The molecule has 174 valence electrons. The number of H-pyrrole nitrogens is 1. The van der Waals surface area contributed by atoms with Crippen molar-refractivity contribution in [2.24, 2.45) is 23.2 Å². The number of imidazole rings is 1. The maximum absolute atomic E-state index is 13.4. The van der Waals surface area contributed by atoms with E-state index in [9.17, 15) is 14.7 Å². The van der Waals surface area contributed by atoms with Crippen molar-refractivity contribution in [2.75, 3.05) is 5.32 Å². The highest BCUT2D eigenvalue weighted by Crippen LogP contribution is 2.61. The normalized spacial score (nSPS) is 27.0. The first-order chi connectivity index (χ1) is 16.5. The SMILES string of the molecule is O=C(O)c1cccc(NC(=O)c2nc(-c3ccccc3)[nH]c2CC23CC4CC(CC(C4)C2)C3)c1. The third-order valence-electron chi connectivity index (χ3n) is 8.13. The van der Waals surface area contributed by atoms with Crippen LogP contribution in [0.2, 0.25) is 0 Å². The Kier molecular flexibility index (Phi) is 5.05. The summed E-state index contributed by atoms with van der Waals surface area (Å²) in [4.78, 5) is 33.0. The number of hydrogen-bond donors (Lipinski definition) is 3. The maximum atomic E-state index is 13.4. The molecule has 4 saturated carbocycles. The number of benzene rings is 2. The Morgan fingerprint density at radius 3 is 2.29 bits per heavy atom. The van der Waals surface area contributed by atoms with Crippen molar-refractivity contribution in [2.45, 2.75) is 44.9 Å². The summed E-state index contributed by atoms with van der Waals surface area (Å²) in [6.45, 7) is 0. The van der Waals surface area contributed by atoms with E-state index < -0.39 is 5.97 Å². The third kappa shape index (κ3) is 3.91. The van der Waals surface area contributed by atoms with Crippen molar-refractivity contribution >= 4 is 17.6 Å². The molecule has 6 nitrogen and oxygen atoms in total. The van der Waals surface area contributed by atoms with Crippen LogP contribution in [0.4, 0.5) is 5.69 Å². The Morgan fingerprint density at radius 1 is 0.971 bits per heavy atom. The van der Waals surface area contributed by atoms with Gasteiger partial charge in [0.1, 0.15) is 11.5 Å². The molecule has 0 atom stereocenters. The van der Waals surface area contributed by atoms with E-state index in [1.54, 1.807) is 12.1 Å². The minimum absolute atomic E-state index is 0.138. The fraction of sp³-hybridized carbons (Fsp3) is 0.393. The van der Waals surface area contributed by atoms with E-state index >= 15 is 0 Å². The highest BCUT2D eigenvalue weighted by atomic mass is 16.4. The summed E-state index contributed by atoms with van der Waals surface area (Å²) in [5.41, 5.74) is 3.10. The van der Waals surface area contributed by atoms with Crippen LogP contribution >= 0.6 is 0 Å². The quantitative estimate of drug-likeness (QED) is 0.439. The molecule has 4 aliphatic rings. The number of carbonyl (C=O) groups is 2. The molecule has 3 aromatic rings. The van der Waals surface area contributed by atoms with Gasteiger partial charge in [-0.15, -0.1) is 0 Å². The zero-order chi connectivity index (χ0) is 23.3. The van der Waals surface area contributed by atoms with Gasteiger partial charge in [-0.3, -0.25) is 4.79 Å². The molecule has 2 aromatic carbocycles. The van der Waals surface area contributed by atoms with Gasteiger partial charge in [0.2, 0.25) is 0 Å².